The first-order valence-electron chi connectivity index (χ1n) is 9.56. The number of hydrogen-bond donors (Lipinski definition) is 1. The minimum absolute atomic E-state index is 0.122. The quantitative estimate of drug-likeness (QED) is 0.720. The van der Waals surface area contributed by atoms with E-state index < -0.39 is 0 Å². The Morgan fingerprint density at radius 2 is 1.82 bits per heavy atom. The van der Waals surface area contributed by atoms with Gasteiger partial charge in [-0.2, -0.15) is 0 Å². The van der Waals surface area contributed by atoms with Gasteiger partial charge in [0.2, 0.25) is 0 Å². The number of hydrogen-bond acceptors (Lipinski definition) is 4. The number of nitrogens with zero attached hydrogens (tertiary/aromatic N) is 3. The van der Waals surface area contributed by atoms with Gasteiger partial charge in [-0.1, -0.05) is 41.9 Å². The maximum absolute atomic E-state index is 12.4. The largest absolute Gasteiger partial charge is 0.369 e. The maximum atomic E-state index is 12.4. The summed E-state index contributed by atoms with van der Waals surface area (Å²) < 4.78 is 0. The van der Waals surface area contributed by atoms with Gasteiger partial charge in [0.05, 0.1) is 5.52 Å². The van der Waals surface area contributed by atoms with Crippen molar-refractivity contribution < 1.29 is 4.79 Å². The number of aromatic nitrogens is 1. The number of pyridine rings is 1. The van der Waals surface area contributed by atoms with Crippen LogP contribution in [0, 0.1) is 0 Å². The summed E-state index contributed by atoms with van der Waals surface area (Å²) in [6.45, 7) is 5.31. The molecule has 3 aromatic rings. The zero-order valence-electron chi connectivity index (χ0n) is 15.6. The number of rotatable bonds is 5. The van der Waals surface area contributed by atoms with E-state index in [0.29, 0.717) is 12.2 Å². The van der Waals surface area contributed by atoms with Crippen LogP contribution in [0.15, 0.2) is 60.7 Å². The van der Waals surface area contributed by atoms with Gasteiger partial charge < -0.3 is 10.2 Å². The van der Waals surface area contributed by atoms with Gasteiger partial charge >= 0.3 is 0 Å². The lowest BCUT2D eigenvalue weighted by Crippen LogP contribution is -2.48. The third kappa shape index (κ3) is 4.43. The molecule has 1 aliphatic rings. The van der Waals surface area contributed by atoms with Crippen molar-refractivity contribution >= 4 is 34.1 Å². The predicted molar refractivity (Wildman–Crippen MR) is 114 cm³/mol. The van der Waals surface area contributed by atoms with Crippen LogP contribution in [-0.4, -0.2) is 55.1 Å². The fourth-order valence-electron chi connectivity index (χ4n) is 3.51. The minimum atomic E-state index is -0.122. The van der Waals surface area contributed by atoms with Crippen molar-refractivity contribution in [3.63, 3.8) is 0 Å². The number of carbonyl (C=O) groups is 1. The van der Waals surface area contributed by atoms with Gasteiger partial charge in [-0.3, -0.25) is 9.69 Å². The molecule has 1 N–H and O–H groups in total. The van der Waals surface area contributed by atoms with E-state index in [2.05, 4.69) is 26.2 Å². The molecule has 0 saturated carbocycles. The number of fused-ring (bicyclic) bond motifs is 1. The molecular formula is C22H23ClN4O. The van der Waals surface area contributed by atoms with E-state index in [-0.39, 0.29) is 5.91 Å². The highest BCUT2D eigenvalue weighted by Crippen LogP contribution is 2.20. The van der Waals surface area contributed by atoms with Crippen LogP contribution >= 0.6 is 11.6 Å². The Morgan fingerprint density at radius 1 is 1.00 bits per heavy atom. The van der Waals surface area contributed by atoms with Crippen molar-refractivity contribution in [1.29, 1.82) is 0 Å². The average Bonchev–Trinajstić information content (AvgIpc) is 2.74. The predicted octanol–water partition coefficient (Wildman–Crippen LogP) is 3.44. The van der Waals surface area contributed by atoms with Crippen molar-refractivity contribution in [2.24, 2.45) is 0 Å². The van der Waals surface area contributed by atoms with Crippen LogP contribution in [0.3, 0.4) is 0 Å². The van der Waals surface area contributed by atoms with Crippen LogP contribution in [0.5, 0.6) is 0 Å². The van der Waals surface area contributed by atoms with E-state index in [1.54, 1.807) is 6.07 Å². The second-order valence-electron chi connectivity index (χ2n) is 6.95. The Balaban J connectivity index is 1.24. The molecular weight excluding hydrogens is 372 g/mol. The lowest BCUT2D eigenvalue weighted by atomic mass is 10.2. The molecule has 0 atom stereocenters. The van der Waals surface area contributed by atoms with Crippen molar-refractivity contribution in [2.45, 2.75) is 0 Å². The number of nitrogens with one attached hydrogen (secondary N) is 1. The average molecular weight is 395 g/mol. The molecule has 0 unspecified atom stereocenters. The van der Waals surface area contributed by atoms with E-state index in [0.717, 1.165) is 48.6 Å². The van der Waals surface area contributed by atoms with Crippen molar-refractivity contribution in [1.82, 2.24) is 15.2 Å². The summed E-state index contributed by atoms with van der Waals surface area (Å²) in [5.41, 5.74) is 2.47. The van der Waals surface area contributed by atoms with Gasteiger partial charge in [-0.25, -0.2) is 4.98 Å². The fraction of sp³-hybridized carbons (Fsp3) is 0.273. The zero-order valence-corrected chi connectivity index (χ0v) is 16.4. The molecule has 2 heterocycles. The first-order chi connectivity index (χ1) is 13.7. The van der Waals surface area contributed by atoms with Gasteiger partial charge in [0, 0.05) is 55.4 Å². The summed E-state index contributed by atoms with van der Waals surface area (Å²) in [5, 5.41) is 4.79. The minimum Gasteiger partial charge on any atom is -0.369 e. The Labute approximate surface area is 169 Å². The summed E-state index contributed by atoms with van der Waals surface area (Å²) in [4.78, 5) is 21.6. The number of para-hydroxylation sites is 1. The molecule has 5 nitrogen and oxygen atoms in total. The Hall–Kier alpha value is -2.63. The first kappa shape index (κ1) is 18.7. The second-order valence-corrected chi connectivity index (χ2v) is 7.39. The maximum Gasteiger partial charge on any atom is 0.269 e. The summed E-state index contributed by atoms with van der Waals surface area (Å²) in [5.74, 6) is -0.122. The van der Waals surface area contributed by atoms with E-state index in [1.165, 1.54) is 5.69 Å². The lowest BCUT2D eigenvalue weighted by molar-refractivity contribution is 0.0943. The number of halogens is 1. The molecule has 0 radical (unpaired) electrons. The number of benzene rings is 2. The SMILES string of the molecule is O=C(NCCN1CCN(c2cccc(Cl)c2)CC1)c1ccc2ccccc2n1. The summed E-state index contributed by atoms with van der Waals surface area (Å²) in [6.07, 6.45) is 0. The van der Waals surface area contributed by atoms with Crippen molar-refractivity contribution in [2.75, 3.05) is 44.2 Å². The van der Waals surface area contributed by atoms with E-state index in [1.807, 2.05) is 48.5 Å². The highest BCUT2D eigenvalue weighted by Gasteiger charge is 2.17. The lowest BCUT2D eigenvalue weighted by Gasteiger charge is -2.36. The van der Waals surface area contributed by atoms with Gasteiger partial charge in [0.25, 0.3) is 5.91 Å². The van der Waals surface area contributed by atoms with E-state index in [4.69, 9.17) is 11.6 Å². The monoisotopic (exact) mass is 394 g/mol. The molecule has 1 fully saturated rings. The fourth-order valence-corrected chi connectivity index (χ4v) is 3.70. The Morgan fingerprint density at radius 3 is 2.64 bits per heavy atom. The smallest absolute Gasteiger partial charge is 0.269 e. The topological polar surface area (TPSA) is 48.5 Å². The summed E-state index contributed by atoms with van der Waals surface area (Å²) >= 11 is 6.09. The Kier molecular flexibility index (Phi) is 5.74. The van der Waals surface area contributed by atoms with E-state index in [9.17, 15) is 4.79 Å². The molecule has 1 aromatic heterocycles. The van der Waals surface area contributed by atoms with Crippen molar-refractivity contribution in [3.8, 4) is 0 Å². The molecule has 4 rings (SSSR count). The molecule has 1 amide bonds. The van der Waals surface area contributed by atoms with Crippen LogP contribution in [0.2, 0.25) is 5.02 Å². The van der Waals surface area contributed by atoms with Crippen LogP contribution in [0.4, 0.5) is 5.69 Å². The molecule has 28 heavy (non-hydrogen) atoms. The van der Waals surface area contributed by atoms with Crippen LogP contribution in [0.25, 0.3) is 10.9 Å². The second kappa shape index (κ2) is 8.59. The van der Waals surface area contributed by atoms with E-state index >= 15 is 0 Å². The summed E-state index contributed by atoms with van der Waals surface area (Å²) in [7, 11) is 0. The van der Waals surface area contributed by atoms with Gasteiger partial charge in [0.1, 0.15) is 5.69 Å². The van der Waals surface area contributed by atoms with Crippen molar-refractivity contribution in [3.05, 3.63) is 71.4 Å². The van der Waals surface area contributed by atoms with Crippen LogP contribution in [0.1, 0.15) is 10.5 Å². The number of anilines is 1. The molecule has 1 aliphatic heterocycles. The molecule has 1 saturated heterocycles. The number of piperazine rings is 1. The number of carbonyl (C=O) groups excluding carboxylic acids is 1. The molecule has 0 aliphatic carbocycles. The zero-order chi connectivity index (χ0) is 19.3. The van der Waals surface area contributed by atoms with Gasteiger partial charge in [-0.05, 0) is 30.3 Å². The third-order valence-electron chi connectivity index (χ3n) is 5.09. The van der Waals surface area contributed by atoms with Crippen LogP contribution < -0.4 is 10.2 Å². The number of amides is 1. The molecule has 2 aromatic carbocycles. The van der Waals surface area contributed by atoms with Crippen LogP contribution in [-0.2, 0) is 0 Å². The Bertz CT molecular complexity index is 969. The first-order valence-corrected chi connectivity index (χ1v) is 9.94. The van der Waals surface area contributed by atoms with Gasteiger partial charge in [0.15, 0.2) is 0 Å². The highest BCUT2D eigenvalue weighted by atomic mass is 35.5. The molecule has 0 bridgehead atoms. The van der Waals surface area contributed by atoms with Gasteiger partial charge in [-0.15, -0.1) is 0 Å². The summed E-state index contributed by atoms with van der Waals surface area (Å²) in [6, 6.07) is 19.5. The third-order valence-corrected chi connectivity index (χ3v) is 5.33. The molecule has 144 valence electrons. The standard InChI is InChI=1S/C22H23ClN4O/c23-18-5-3-6-19(16-18)27-14-12-26(13-15-27)11-10-24-22(28)21-9-8-17-4-1-2-7-20(17)25-21/h1-9,16H,10-15H2,(H,24,28). The normalized spacial score (nSPS) is 15.0. The highest BCUT2D eigenvalue weighted by molar-refractivity contribution is 6.30. The molecule has 6 heteroatoms. The molecule has 0 spiro atoms.